The second-order valence-electron chi connectivity index (χ2n) is 4.41. The number of nitrogens with one attached hydrogen (secondary N) is 1. The van der Waals surface area contributed by atoms with E-state index in [0.717, 1.165) is 5.69 Å². The van der Waals surface area contributed by atoms with Crippen molar-refractivity contribution in [2.75, 3.05) is 37.5 Å². The largest absolute Gasteiger partial charge is 0.383 e. The summed E-state index contributed by atoms with van der Waals surface area (Å²) in [4.78, 5) is 22.1. The molecule has 6 heteroatoms. The minimum atomic E-state index is -0.148. The Labute approximate surface area is 123 Å². The van der Waals surface area contributed by atoms with Crippen LogP contribution in [0.15, 0.2) is 42.7 Å². The Hall–Kier alpha value is -2.47. The molecular weight excluding hydrogens is 268 g/mol. The maximum atomic E-state index is 12.3. The standard InChI is InChI=1S/C15H18N4O2/c1-19(13-6-4-3-5-7-13)14(20)12-10-17-15(18-11-12)16-8-9-21-2/h3-7,10-11H,8-9H2,1-2H3,(H,16,17,18). The van der Waals surface area contributed by atoms with Crippen LogP contribution in [0.1, 0.15) is 10.4 Å². The van der Waals surface area contributed by atoms with Gasteiger partial charge < -0.3 is 15.0 Å². The lowest BCUT2D eigenvalue weighted by Crippen LogP contribution is -2.26. The molecule has 0 fully saturated rings. The van der Waals surface area contributed by atoms with Crippen molar-refractivity contribution in [3.05, 3.63) is 48.3 Å². The third-order valence-electron chi connectivity index (χ3n) is 2.94. The zero-order valence-electron chi connectivity index (χ0n) is 12.1. The predicted molar refractivity (Wildman–Crippen MR) is 81.6 cm³/mol. The maximum absolute atomic E-state index is 12.3. The van der Waals surface area contributed by atoms with Gasteiger partial charge in [-0.3, -0.25) is 4.79 Å². The topological polar surface area (TPSA) is 67.3 Å². The number of hydrogen-bond acceptors (Lipinski definition) is 5. The molecule has 0 saturated heterocycles. The normalized spacial score (nSPS) is 10.2. The van der Waals surface area contributed by atoms with Crippen LogP contribution < -0.4 is 10.2 Å². The van der Waals surface area contributed by atoms with Crippen LogP contribution in [0.4, 0.5) is 11.6 Å². The first-order valence-electron chi connectivity index (χ1n) is 6.60. The first-order valence-corrected chi connectivity index (χ1v) is 6.60. The van der Waals surface area contributed by atoms with Crippen molar-refractivity contribution in [2.24, 2.45) is 0 Å². The molecule has 0 bridgehead atoms. The van der Waals surface area contributed by atoms with Crippen LogP contribution in [0.2, 0.25) is 0 Å². The van der Waals surface area contributed by atoms with Gasteiger partial charge in [-0.1, -0.05) is 18.2 Å². The molecule has 110 valence electrons. The number of amides is 1. The second kappa shape index (κ2) is 7.35. The van der Waals surface area contributed by atoms with E-state index >= 15 is 0 Å². The van der Waals surface area contributed by atoms with Gasteiger partial charge in [-0.25, -0.2) is 9.97 Å². The molecule has 1 heterocycles. The summed E-state index contributed by atoms with van der Waals surface area (Å²) in [6.07, 6.45) is 3.04. The van der Waals surface area contributed by atoms with E-state index in [9.17, 15) is 4.79 Å². The Kier molecular flexibility index (Phi) is 5.22. The van der Waals surface area contributed by atoms with E-state index in [2.05, 4.69) is 15.3 Å². The average Bonchev–Trinajstić information content (AvgIpc) is 2.55. The van der Waals surface area contributed by atoms with Gasteiger partial charge in [0.1, 0.15) is 0 Å². The maximum Gasteiger partial charge on any atom is 0.261 e. The number of benzene rings is 1. The molecule has 0 unspecified atom stereocenters. The second-order valence-corrected chi connectivity index (χ2v) is 4.41. The van der Waals surface area contributed by atoms with Crippen molar-refractivity contribution in [2.45, 2.75) is 0 Å². The van der Waals surface area contributed by atoms with Gasteiger partial charge in [0.15, 0.2) is 0 Å². The van der Waals surface area contributed by atoms with Gasteiger partial charge in [-0.05, 0) is 12.1 Å². The number of rotatable bonds is 6. The van der Waals surface area contributed by atoms with E-state index in [1.54, 1.807) is 19.1 Å². The molecule has 0 aliphatic carbocycles. The van der Waals surface area contributed by atoms with E-state index in [1.165, 1.54) is 12.4 Å². The van der Waals surface area contributed by atoms with Crippen molar-refractivity contribution < 1.29 is 9.53 Å². The molecular formula is C15H18N4O2. The Balaban J connectivity index is 2.03. The third-order valence-corrected chi connectivity index (χ3v) is 2.94. The monoisotopic (exact) mass is 286 g/mol. The summed E-state index contributed by atoms with van der Waals surface area (Å²) in [7, 11) is 3.35. The molecule has 0 radical (unpaired) electrons. The van der Waals surface area contributed by atoms with Gasteiger partial charge in [0.05, 0.1) is 12.2 Å². The summed E-state index contributed by atoms with van der Waals surface area (Å²) in [6, 6.07) is 9.43. The van der Waals surface area contributed by atoms with Gasteiger partial charge in [-0.15, -0.1) is 0 Å². The Bertz CT molecular complexity index is 572. The van der Waals surface area contributed by atoms with Crippen LogP contribution in [0.5, 0.6) is 0 Å². The molecule has 21 heavy (non-hydrogen) atoms. The molecule has 0 aliphatic heterocycles. The van der Waals surface area contributed by atoms with E-state index in [1.807, 2.05) is 30.3 Å². The third kappa shape index (κ3) is 4.00. The zero-order valence-corrected chi connectivity index (χ0v) is 12.1. The highest BCUT2D eigenvalue weighted by molar-refractivity contribution is 6.05. The summed E-state index contributed by atoms with van der Waals surface area (Å²) < 4.78 is 4.93. The minimum Gasteiger partial charge on any atom is -0.383 e. The van der Waals surface area contributed by atoms with Crippen molar-refractivity contribution in [1.82, 2.24) is 9.97 Å². The Morgan fingerprint density at radius 2 is 1.90 bits per heavy atom. The smallest absolute Gasteiger partial charge is 0.261 e. The molecule has 0 atom stereocenters. The molecule has 0 spiro atoms. The fourth-order valence-corrected chi connectivity index (χ4v) is 1.76. The van der Waals surface area contributed by atoms with Crippen molar-refractivity contribution in [3.8, 4) is 0 Å². The number of methoxy groups -OCH3 is 1. The number of carbonyl (C=O) groups excluding carboxylic acids is 1. The van der Waals surface area contributed by atoms with E-state index in [-0.39, 0.29) is 5.91 Å². The molecule has 0 saturated carbocycles. The lowest BCUT2D eigenvalue weighted by Gasteiger charge is -2.16. The lowest BCUT2D eigenvalue weighted by atomic mass is 10.2. The van der Waals surface area contributed by atoms with Crippen LogP contribution in [-0.4, -0.2) is 43.2 Å². The van der Waals surface area contributed by atoms with Crippen LogP contribution >= 0.6 is 0 Å². The first-order chi connectivity index (χ1) is 10.2. The zero-order chi connectivity index (χ0) is 15.1. The number of nitrogens with zero attached hydrogens (tertiary/aromatic N) is 3. The van der Waals surface area contributed by atoms with Crippen LogP contribution in [0, 0.1) is 0 Å². The highest BCUT2D eigenvalue weighted by Crippen LogP contribution is 2.14. The highest BCUT2D eigenvalue weighted by Gasteiger charge is 2.14. The first kappa shape index (κ1) is 14.9. The van der Waals surface area contributed by atoms with Gasteiger partial charge in [-0.2, -0.15) is 0 Å². The molecule has 1 N–H and O–H groups in total. The van der Waals surface area contributed by atoms with Gasteiger partial charge in [0.2, 0.25) is 5.95 Å². The molecule has 1 amide bonds. The fraction of sp³-hybridized carbons (Fsp3) is 0.267. The van der Waals surface area contributed by atoms with Crippen molar-refractivity contribution in [1.29, 1.82) is 0 Å². The Morgan fingerprint density at radius 3 is 2.52 bits per heavy atom. The molecule has 6 nitrogen and oxygen atoms in total. The van der Waals surface area contributed by atoms with Crippen LogP contribution in [-0.2, 0) is 4.74 Å². The number of para-hydroxylation sites is 1. The average molecular weight is 286 g/mol. The van der Waals surface area contributed by atoms with E-state index in [4.69, 9.17) is 4.74 Å². The lowest BCUT2D eigenvalue weighted by molar-refractivity contribution is 0.0992. The number of carbonyl (C=O) groups is 1. The highest BCUT2D eigenvalue weighted by atomic mass is 16.5. The van der Waals surface area contributed by atoms with Gasteiger partial charge >= 0.3 is 0 Å². The van der Waals surface area contributed by atoms with Crippen LogP contribution in [0.3, 0.4) is 0 Å². The summed E-state index contributed by atoms with van der Waals surface area (Å²) in [6.45, 7) is 1.19. The number of ether oxygens (including phenoxy) is 1. The summed E-state index contributed by atoms with van der Waals surface area (Å²) >= 11 is 0. The number of hydrogen-bond donors (Lipinski definition) is 1. The molecule has 1 aromatic carbocycles. The quantitative estimate of drug-likeness (QED) is 0.820. The van der Waals surface area contributed by atoms with Gasteiger partial charge in [0.25, 0.3) is 5.91 Å². The van der Waals surface area contributed by atoms with E-state index < -0.39 is 0 Å². The molecule has 2 rings (SSSR count). The SMILES string of the molecule is COCCNc1ncc(C(=O)N(C)c2ccccc2)cn1. The van der Waals surface area contributed by atoms with Crippen molar-refractivity contribution >= 4 is 17.5 Å². The molecule has 1 aromatic heterocycles. The fourth-order valence-electron chi connectivity index (χ4n) is 1.76. The summed E-state index contributed by atoms with van der Waals surface area (Å²) in [5, 5.41) is 3.00. The summed E-state index contributed by atoms with van der Waals surface area (Å²) in [5.41, 5.74) is 1.27. The van der Waals surface area contributed by atoms with Crippen molar-refractivity contribution in [3.63, 3.8) is 0 Å². The summed E-state index contributed by atoms with van der Waals surface area (Å²) in [5.74, 6) is 0.329. The number of aromatic nitrogens is 2. The van der Waals surface area contributed by atoms with Gasteiger partial charge in [0, 0.05) is 38.8 Å². The van der Waals surface area contributed by atoms with E-state index in [0.29, 0.717) is 24.7 Å². The minimum absolute atomic E-state index is 0.148. The van der Waals surface area contributed by atoms with Crippen LogP contribution in [0.25, 0.3) is 0 Å². The molecule has 2 aromatic rings. The number of anilines is 2. The predicted octanol–water partition coefficient (Wildman–Crippen LogP) is 1.81. The Morgan fingerprint density at radius 1 is 1.24 bits per heavy atom. The molecule has 0 aliphatic rings.